The summed E-state index contributed by atoms with van der Waals surface area (Å²) in [6.45, 7) is 5.28. The van der Waals surface area contributed by atoms with E-state index in [0.717, 1.165) is 0 Å². The molecule has 0 heterocycles. The van der Waals surface area contributed by atoms with Crippen LogP contribution < -0.4 is 29.6 Å². The van der Waals surface area contributed by atoms with Gasteiger partial charge in [-0.05, 0) is 18.2 Å². The van der Waals surface area contributed by atoms with Crippen molar-refractivity contribution in [1.82, 2.24) is 0 Å². The first-order valence-electron chi connectivity index (χ1n) is 3.79. The minimum Gasteiger partial charge on any atom is -0.492 e. The van der Waals surface area contributed by atoms with Crippen LogP contribution in [0.15, 0.2) is 30.3 Å². The molecular weight excluding hydrogens is 175 g/mol. The smallest absolute Gasteiger partial charge is 0.492 e. The van der Waals surface area contributed by atoms with Crippen LogP contribution in [0.25, 0.3) is 0 Å². The van der Waals surface area contributed by atoms with E-state index in [1.54, 1.807) is 31.2 Å². The maximum atomic E-state index is 11.2. The molecule has 0 aromatic heterocycles. The number of carbonyl (C=O) groups excluding carboxylic acids is 1. The van der Waals surface area contributed by atoms with Crippen LogP contribution in [0.2, 0.25) is 0 Å². The summed E-state index contributed by atoms with van der Waals surface area (Å²) in [5.41, 5.74) is 0.563. The Morgan fingerprint density at radius 1 is 1.38 bits per heavy atom. The van der Waals surface area contributed by atoms with Crippen LogP contribution in [0.1, 0.15) is 17.3 Å². The van der Waals surface area contributed by atoms with Crippen molar-refractivity contribution in [3.63, 3.8) is 0 Å². The van der Waals surface area contributed by atoms with Gasteiger partial charge in [0.15, 0.2) is 0 Å². The first kappa shape index (κ1) is 12.7. The minimum absolute atomic E-state index is 0. The third kappa shape index (κ3) is 4.46. The van der Waals surface area contributed by atoms with Gasteiger partial charge in [0, 0.05) is 0 Å². The first-order chi connectivity index (χ1) is 5.70. The zero-order chi connectivity index (χ0) is 8.97. The van der Waals surface area contributed by atoms with E-state index >= 15 is 0 Å². The van der Waals surface area contributed by atoms with E-state index in [2.05, 4.69) is 6.92 Å². The summed E-state index contributed by atoms with van der Waals surface area (Å²) < 4.78 is 4.89. The molecule has 1 aromatic carbocycles. The third-order valence-corrected chi connectivity index (χ3v) is 1.32. The normalized spacial score (nSPS) is 11.2. The quantitative estimate of drug-likeness (QED) is 0.339. The fourth-order valence-electron chi connectivity index (χ4n) is 0.825. The molecule has 0 N–H and O–H groups in total. The Kier molecular flexibility index (Phi) is 6.04. The summed E-state index contributed by atoms with van der Waals surface area (Å²) in [5.74, 6) is -0.321. The predicted molar refractivity (Wildman–Crippen MR) is 46.7 cm³/mol. The maximum absolute atomic E-state index is 11.2. The zero-order valence-electron chi connectivity index (χ0n) is 7.99. The topological polar surface area (TPSA) is 26.3 Å². The Hall–Kier alpha value is -0.310. The molecule has 13 heavy (non-hydrogen) atoms. The molecule has 3 heteroatoms. The molecule has 0 bridgehead atoms. The molecule has 2 nitrogen and oxygen atoms in total. The molecule has 1 unspecified atom stereocenters. The SMILES string of the molecule is [CH2-]C(C)OC(=O)c1ccccc1.[Na+]. The van der Waals surface area contributed by atoms with Crippen LogP contribution in [-0.2, 0) is 4.74 Å². The van der Waals surface area contributed by atoms with E-state index in [1.807, 2.05) is 6.07 Å². The molecule has 0 aliphatic heterocycles. The fourth-order valence-corrected chi connectivity index (χ4v) is 0.825. The summed E-state index contributed by atoms with van der Waals surface area (Å²) in [4.78, 5) is 11.2. The van der Waals surface area contributed by atoms with Crippen molar-refractivity contribution in [3.8, 4) is 0 Å². The molecule has 0 saturated heterocycles. The van der Waals surface area contributed by atoms with Crippen molar-refractivity contribution in [2.24, 2.45) is 0 Å². The zero-order valence-corrected chi connectivity index (χ0v) is 9.99. The van der Waals surface area contributed by atoms with Crippen LogP contribution in [-0.4, -0.2) is 12.1 Å². The molecule has 1 aromatic rings. The van der Waals surface area contributed by atoms with Gasteiger partial charge in [0.05, 0.1) is 5.56 Å². The van der Waals surface area contributed by atoms with Gasteiger partial charge in [-0.15, -0.1) is 0 Å². The molecule has 0 amide bonds. The second-order valence-corrected chi connectivity index (χ2v) is 2.58. The standard InChI is InChI=1S/C10H11O2.Na/c1-8(2)12-10(11)9-6-4-3-5-7-9;/h3-8H,1H2,2H3;/q-1;+1. The summed E-state index contributed by atoms with van der Waals surface area (Å²) >= 11 is 0. The van der Waals surface area contributed by atoms with E-state index in [9.17, 15) is 4.79 Å². The van der Waals surface area contributed by atoms with Crippen molar-refractivity contribution >= 4 is 5.97 Å². The summed E-state index contributed by atoms with van der Waals surface area (Å²) in [6, 6.07) is 8.87. The number of benzene rings is 1. The number of rotatable bonds is 2. The van der Waals surface area contributed by atoms with Gasteiger partial charge in [-0.1, -0.05) is 25.1 Å². The van der Waals surface area contributed by atoms with Gasteiger partial charge < -0.3 is 11.7 Å². The second-order valence-electron chi connectivity index (χ2n) is 2.58. The van der Waals surface area contributed by atoms with Crippen molar-refractivity contribution in [1.29, 1.82) is 0 Å². The molecule has 0 fully saturated rings. The fraction of sp³-hybridized carbons (Fsp3) is 0.200. The molecule has 0 radical (unpaired) electrons. The van der Waals surface area contributed by atoms with E-state index in [0.29, 0.717) is 5.56 Å². The number of ether oxygens (including phenoxy) is 1. The van der Waals surface area contributed by atoms with E-state index in [-0.39, 0.29) is 41.6 Å². The average molecular weight is 186 g/mol. The van der Waals surface area contributed by atoms with Crippen molar-refractivity contribution in [2.45, 2.75) is 13.0 Å². The van der Waals surface area contributed by atoms with Gasteiger partial charge in [-0.25, -0.2) is 4.79 Å². The molecule has 64 valence electrons. The molecule has 1 atom stereocenters. The molecule has 0 aliphatic carbocycles. The Balaban J connectivity index is 0.00000144. The number of carbonyl (C=O) groups is 1. The van der Waals surface area contributed by atoms with E-state index in [1.165, 1.54) is 0 Å². The van der Waals surface area contributed by atoms with Gasteiger partial charge in [-0.2, -0.15) is 0 Å². The van der Waals surface area contributed by atoms with Gasteiger partial charge >= 0.3 is 35.5 Å². The van der Waals surface area contributed by atoms with Gasteiger partial charge in [-0.3, -0.25) is 0 Å². The summed E-state index contributed by atoms with van der Waals surface area (Å²) in [5, 5.41) is 0. The predicted octanol–water partition coefficient (Wildman–Crippen LogP) is -0.930. The number of hydrogen-bond donors (Lipinski definition) is 0. The van der Waals surface area contributed by atoms with E-state index < -0.39 is 0 Å². The van der Waals surface area contributed by atoms with E-state index in [4.69, 9.17) is 4.74 Å². The van der Waals surface area contributed by atoms with Gasteiger partial charge in [0.2, 0.25) is 0 Å². The van der Waals surface area contributed by atoms with Crippen molar-refractivity contribution in [2.75, 3.05) is 0 Å². The molecule has 0 saturated carbocycles. The number of esters is 1. The van der Waals surface area contributed by atoms with Gasteiger partial charge in [0.25, 0.3) is 0 Å². The third-order valence-electron chi connectivity index (χ3n) is 1.32. The largest absolute Gasteiger partial charge is 1.00 e. The Bertz CT molecular complexity index is 257. The summed E-state index contributed by atoms with van der Waals surface area (Å²) in [7, 11) is 0. The Morgan fingerprint density at radius 2 is 1.92 bits per heavy atom. The van der Waals surface area contributed by atoms with Crippen LogP contribution in [0, 0.1) is 6.92 Å². The van der Waals surface area contributed by atoms with Crippen LogP contribution >= 0.6 is 0 Å². The van der Waals surface area contributed by atoms with Crippen LogP contribution in [0.4, 0.5) is 0 Å². The molecule has 0 spiro atoms. The molecule has 1 rings (SSSR count). The Morgan fingerprint density at radius 3 is 2.38 bits per heavy atom. The Labute approximate surface area is 101 Å². The second kappa shape index (κ2) is 6.19. The average Bonchev–Trinajstić information content (AvgIpc) is 2.05. The number of hydrogen-bond acceptors (Lipinski definition) is 2. The van der Waals surface area contributed by atoms with Crippen LogP contribution in [0.5, 0.6) is 0 Å². The monoisotopic (exact) mass is 186 g/mol. The minimum atomic E-state index is -0.321. The maximum Gasteiger partial charge on any atom is 1.00 e. The van der Waals surface area contributed by atoms with Crippen molar-refractivity contribution in [3.05, 3.63) is 42.8 Å². The first-order valence-corrected chi connectivity index (χ1v) is 3.79. The van der Waals surface area contributed by atoms with Crippen LogP contribution in [0.3, 0.4) is 0 Å². The molecular formula is C10H11NaO2. The van der Waals surface area contributed by atoms with Gasteiger partial charge in [0.1, 0.15) is 0 Å². The molecule has 0 aliphatic rings. The van der Waals surface area contributed by atoms with Crippen molar-refractivity contribution < 1.29 is 39.1 Å². The summed E-state index contributed by atoms with van der Waals surface area (Å²) in [6.07, 6.45) is -0.308.